The summed E-state index contributed by atoms with van der Waals surface area (Å²) >= 11 is 0. The largest absolute Gasteiger partial charge is 0.480 e. The smallest absolute Gasteiger partial charge is 0.320 e. The van der Waals surface area contributed by atoms with Gasteiger partial charge in [0.15, 0.2) is 0 Å². The van der Waals surface area contributed by atoms with E-state index in [1.807, 2.05) is 50.6 Å². The molecule has 21 heavy (non-hydrogen) atoms. The van der Waals surface area contributed by atoms with Gasteiger partial charge in [-0.3, -0.25) is 4.79 Å². The van der Waals surface area contributed by atoms with Gasteiger partial charge in [-0.2, -0.15) is 0 Å². The van der Waals surface area contributed by atoms with Gasteiger partial charge in [0.25, 0.3) is 0 Å². The number of para-hydroxylation sites is 1. The number of hydrogen-bond donors (Lipinski definition) is 2. The molecule has 0 spiro atoms. The molecule has 1 unspecified atom stereocenters. The van der Waals surface area contributed by atoms with Gasteiger partial charge in [-0.05, 0) is 18.6 Å². The van der Waals surface area contributed by atoms with Crippen LogP contribution in [0, 0.1) is 19.3 Å². The van der Waals surface area contributed by atoms with Crippen molar-refractivity contribution in [3.8, 4) is 12.3 Å². The van der Waals surface area contributed by atoms with Crippen LogP contribution in [0.15, 0.2) is 18.2 Å². The van der Waals surface area contributed by atoms with Crippen LogP contribution in [0.2, 0.25) is 0 Å². The minimum absolute atomic E-state index is 0.298. The number of aromatic nitrogens is 1. The van der Waals surface area contributed by atoms with Crippen LogP contribution in [0.1, 0.15) is 30.7 Å². The Morgan fingerprint density at radius 1 is 1.48 bits per heavy atom. The molecule has 3 N–H and O–H groups in total. The van der Waals surface area contributed by atoms with E-state index in [0.29, 0.717) is 6.42 Å². The van der Waals surface area contributed by atoms with Crippen molar-refractivity contribution < 1.29 is 9.90 Å². The highest BCUT2D eigenvalue weighted by Gasteiger charge is 2.19. The van der Waals surface area contributed by atoms with Gasteiger partial charge < -0.3 is 15.4 Å². The molecule has 2 rings (SSSR count). The maximum atomic E-state index is 10.9. The summed E-state index contributed by atoms with van der Waals surface area (Å²) in [6.45, 7) is 5.95. The number of carbonyl (C=O) groups is 1. The lowest BCUT2D eigenvalue weighted by atomic mass is 10.0. The zero-order valence-corrected chi connectivity index (χ0v) is 13.0. The van der Waals surface area contributed by atoms with Crippen molar-refractivity contribution in [3.63, 3.8) is 0 Å². The number of fused-ring (bicyclic) bond motifs is 1. The van der Waals surface area contributed by atoms with Crippen LogP contribution in [0.25, 0.3) is 10.9 Å². The maximum absolute atomic E-state index is 10.9. The Hall–Kier alpha value is -2.25. The molecule has 0 fully saturated rings. The van der Waals surface area contributed by atoms with Gasteiger partial charge >= 0.3 is 5.97 Å². The highest BCUT2D eigenvalue weighted by molar-refractivity contribution is 5.90. The topological polar surface area (TPSA) is 68.2 Å². The summed E-state index contributed by atoms with van der Waals surface area (Å²) in [5, 5.41) is 9.93. The molecular formula is C17H22N2O2. The van der Waals surface area contributed by atoms with Crippen molar-refractivity contribution in [1.82, 2.24) is 4.57 Å². The van der Waals surface area contributed by atoms with E-state index in [9.17, 15) is 4.79 Å². The van der Waals surface area contributed by atoms with Gasteiger partial charge in [-0.25, -0.2) is 0 Å². The molecule has 0 saturated carbocycles. The Morgan fingerprint density at radius 3 is 2.62 bits per heavy atom. The fraction of sp³-hybridized carbons (Fsp3) is 0.353. The van der Waals surface area contributed by atoms with Crippen molar-refractivity contribution in [2.24, 2.45) is 12.8 Å². The molecule has 4 heteroatoms. The molecule has 112 valence electrons. The van der Waals surface area contributed by atoms with E-state index in [2.05, 4.69) is 5.92 Å². The van der Waals surface area contributed by atoms with Crippen LogP contribution in [0.4, 0.5) is 0 Å². The molecule has 0 aliphatic rings. The van der Waals surface area contributed by atoms with E-state index >= 15 is 0 Å². The number of rotatable bonds is 3. The predicted octanol–water partition coefficient (Wildman–Crippen LogP) is 2.45. The number of carboxylic acid groups (broad SMARTS) is 1. The first-order chi connectivity index (χ1) is 9.97. The third-order valence-corrected chi connectivity index (χ3v) is 3.53. The first kappa shape index (κ1) is 16.8. The third kappa shape index (κ3) is 3.09. The molecule has 4 nitrogen and oxygen atoms in total. The summed E-state index contributed by atoms with van der Waals surface area (Å²) in [5.41, 5.74) is 9.34. The quantitative estimate of drug-likeness (QED) is 0.852. The van der Waals surface area contributed by atoms with E-state index in [0.717, 1.165) is 27.7 Å². The Morgan fingerprint density at radius 2 is 2.10 bits per heavy atom. The SMILES string of the molecule is C#Cc1cccc2c(CC(N)C(=O)O)c(C)n(C)c12.CC. The van der Waals surface area contributed by atoms with Crippen LogP contribution >= 0.6 is 0 Å². The monoisotopic (exact) mass is 286 g/mol. The van der Waals surface area contributed by atoms with Crippen LogP contribution in [-0.2, 0) is 18.3 Å². The second-order valence-corrected chi connectivity index (χ2v) is 4.62. The van der Waals surface area contributed by atoms with Crippen LogP contribution < -0.4 is 5.73 Å². The summed E-state index contributed by atoms with van der Waals surface area (Å²) < 4.78 is 1.99. The molecule has 0 aliphatic heterocycles. The van der Waals surface area contributed by atoms with Crippen molar-refractivity contribution in [1.29, 1.82) is 0 Å². The Balaban J connectivity index is 0.00000106. The lowest BCUT2D eigenvalue weighted by Gasteiger charge is -2.06. The lowest BCUT2D eigenvalue weighted by molar-refractivity contribution is -0.138. The van der Waals surface area contributed by atoms with Crippen molar-refractivity contribution >= 4 is 16.9 Å². The van der Waals surface area contributed by atoms with Crippen molar-refractivity contribution in [2.45, 2.75) is 33.2 Å². The molecule has 0 aliphatic carbocycles. The number of nitrogens with zero attached hydrogens (tertiary/aromatic N) is 1. The van der Waals surface area contributed by atoms with E-state index < -0.39 is 12.0 Å². The number of aliphatic carboxylic acids is 1. The Kier molecular flexibility index (Phi) is 5.57. The molecule has 0 saturated heterocycles. The standard InChI is InChI=1S/C15H16N2O2.C2H6/c1-4-10-6-5-7-11-12(8-13(16)15(18)19)9(2)17(3)14(10)11;1-2/h1,5-7,13H,8,16H2,2-3H3,(H,18,19);1-2H3. The van der Waals surface area contributed by atoms with E-state index in [-0.39, 0.29) is 0 Å². The number of nitrogens with two attached hydrogens (primary N) is 1. The maximum Gasteiger partial charge on any atom is 0.320 e. The molecule has 2 aromatic rings. The summed E-state index contributed by atoms with van der Waals surface area (Å²) in [6, 6.07) is 4.81. The summed E-state index contributed by atoms with van der Waals surface area (Å²) in [5.74, 6) is 1.66. The fourth-order valence-corrected chi connectivity index (χ4v) is 2.39. The Labute approximate surface area is 125 Å². The second-order valence-electron chi connectivity index (χ2n) is 4.62. The number of terminal acetylenes is 1. The molecule has 0 bridgehead atoms. The summed E-state index contributed by atoms with van der Waals surface area (Å²) in [6.07, 6.45) is 5.81. The van der Waals surface area contributed by atoms with Crippen LogP contribution in [0.5, 0.6) is 0 Å². The number of hydrogen-bond acceptors (Lipinski definition) is 2. The average molecular weight is 286 g/mol. The lowest BCUT2D eigenvalue weighted by Crippen LogP contribution is -2.32. The molecule has 0 radical (unpaired) electrons. The first-order valence-electron chi connectivity index (χ1n) is 6.99. The van der Waals surface area contributed by atoms with Gasteiger partial charge in [0.1, 0.15) is 6.04 Å². The number of benzene rings is 1. The van der Waals surface area contributed by atoms with Gasteiger partial charge in [-0.15, -0.1) is 6.42 Å². The van der Waals surface area contributed by atoms with Crippen LogP contribution in [-0.4, -0.2) is 21.7 Å². The van der Waals surface area contributed by atoms with E-state index in [1.165, 1.54) is 0 Å². The zero-order chi connectivity index (χ0) is 16.2. The molecule has 1 atom stereocenters. The molecule has 1 heterocycles. The van der Waals surface area contributed by atoms with Gasteiger partial charge in [0.2, 0.25) is 0 Å². The minimum atomic E-state index is -0.996. The van der Waals surface area contributed by atoms with Gasteiger partial charge in [0, 0.05) is 30.1 Å². The molecule has 1 aromatic carbocycles. The first-order valence-corrected chi connectivity index (χ1v) is 6.99. The predicted molar refractivity (Wildman–Crippen MR) is 86.3 cm³/mol. The van der Waals surface area contributed by atoms with E-state index in [1.54, 1.807) is 0 Å². The average Bonchev–Trinajstić information content (AvgIpc) is 2.74. The van der Waals surface area contributed by atoms with Crippen molar-refractivity contribution in [2.75, 3.05) is 0 Å². The fourth-order valence-electron chi connectivity index (χ4n) is 2.39. The highest BCUT2D eigenvalue weighted by atomic mass is 16.4. The summed E-state index contributed by atoms with van der Waals surface area (Å²) in [7, 11) is 1.92. The van der Waals surface area contributed by atoms with Crippen molar-refractivity contribution in [3.05, 3.63) is 35.0 Å². The van der Waals surface area contributed by atoms with E-state index in [4.69, 9.17) is 17.3 Å². The zero-order valence-electron chi connectivity index (χ0n) is 13.0. The van der Waals surface area contributed by atoms with Gasteiger partial charge in [0.05, 0.1) is 5.52 Å². The highest BCUT2D eigenvalue weighted by Crippen LogP contribution is 2.28. The molecule has 1 aromatic heterocycles. The molecule has 0 amide bonds. The third-order valence-electron chi connectivity index (χ3n) is 3.53. The number of aryl methyl sites for hydroxylation is 1. The van der Waals surface area contributed by atoms with Gasteiger partial charge in [-0.1, -0.05) is 31.9 Å². The molecular weight excluding hydrogens is 264 g/mol. The van der Waals surface area contributed by atoms with Crippen LogP contribution in [0.3, 0.4) is 0 Å². The Bertz CT molecular complexity index is 693. The minimum Gasteiger partial charge on any atom is -0.480 e. The summed E-state index contributed by atoms with van der Waals surface area (Å²) in [4.78, 5) is 10.9. The normalized spacial score (nSPS) is 11.4. The second kappa shape index (κ2) is 6.96. The number of carboxylic acids is 1.